The van der Waals surface area contributed by atoms with E-state index in [1.54, 1.807) is 25.3 Å². The third-order valence-corrected chi connectivity index (χ3v) is 3.95. The van der Waals surface area contributed by atoms with Crippen LogP contribution in [-0.4, -0.2) is 32.2 Å². The van der Waals surface area contributed by atoms with Gasteiger partial charge in [-0.1, -0.05) is 25.4 Å². The van der Waals surface area contributed by atoms with Crippen molar-refractivity contribution in [2.75, 3.05) is 26.9 Å². The van der Waals surface area contributed by atoms with Gasteiger partial charge in [0, 0.05) is 38.5 Å². The lowest BCUT2D eigenvalue weighted by molar-refractivity contribution is -0.113. The zero-order valence-corrected chi connectivity index (χ0v) is 15.3. The molecule has 0 aliphatic rings. The first kappa shape index (κ1) is 20.1. The first-order valence-corrected chi connectivity index (χ1v) is 8.42. The molecule has 0 aliphatic heterocycles. The molecule has 0 amide bonds. The van der Waals surface area contributed by atoms with Crippen LogP contribution in [0.2, 0.25) is 5.02 Å². The second kappa shape index (κ2) is 10.7. The van der Waals surface area contributed by atoms with E-state index >= 15 is 0 Å². The van der Waals surface area contributed by atoms with E-state index in [1.165, 1.54) is 0 Å². The number of halogens is 2. The molecular weight excluding hydrogens is 339 g/mol. The van der Waals surface area contributed by atoms with Gasteiger partial charge in [0.2, 0.25) is 5.24 Å². The highest BCUT2D eigenvalue weighted by Crippen LogP contribution is 2.30. The molecule has 0 bridgehead atoms. The van der Waals surface area contributed by atoms with E-state index in [2.05, 4.69) is 0 Å². The van der Waals surface area contributed by atoms with Crippen LogP contribution >= 0.6 is 23.2 Å². The Labute approximate surface area is 148 Å². The zero-order valence-electron chi connectivity index (χ0n) is 13.8. The predicted octanol–water partition coefficient (Wildman–Crippen LogP) is 4.56. The Morgan fingerprint density at radius 2 is 1.96 bits per heavy atom. The van der Waals surface area contributed by atoms with E-state index in [1.807, 2.05) is 13.8 Å². The van der Waals surface area contributed by atoms with Gasteiger partial charge in [-0.05, 0) is 29.7 Å². The van der Waals surface area contributed by atoms with Crippen LogP contribution < -0.4 is 9.47 Å². The number of rotatable bonds is 11. The summed E-state index contributed by atoms with van der Waals surface area (Å²) >= 11 is 11.6. The Kier molecular flexibility index (Phi) is 9.37. The first-order valence-electron chi connectivity index (χ1n) is 7.66. The molecule has 23 heavy (non-hydrogen) atoms. The molecule has 0 saturated carbocycles. The lowest BCUT2D eigenvalue weighted by atomic mass is 9.94. The number of methoxy groups -OCH3 is 1. The van der Waals surface area contributed by atoms with Crippen molar-refractivity contribution in [2.45, 2.75) is 26.7 Å². The Morgan fingerprint density at radius 3 is 2.57 bits per heavy atom. The summed E-state index contributed by atoms with van der Waals surface area (Å²) in [7, 11) is 1.65. The van der Waals surface area contributed by atoms with E-state index in [-0.39, 0.29) is 11.2 Å². The fourth-order valence-electron chi connectivity index (χ4n) is 1.97. The Hall–Kier alpha value is -0.970. The van der Waals surface area contributed by atoms with Gasteiger partial charge in [0.1, 0.15) is 11.5 Å². The topological polar surface area (TPSA) is 44.8 Å². The molecule has 6 heteroatoms. The van der Waals surface area contributed by atoms with Crippen molar-refractivity contribution in [3.05, 3.63) is 23.2 Å². The van der Waals surface area contributed by atoms with Crippen molar-refractivity contribution in [2.24, 2.45) is 11.8 Å². The van der Waals surface area contributed by atoms with E-state index in [0.717, 1.165) is 6.42 Å². The maximum Gasteiger partial charge on any atom is 0.222 e. The SMILES string of the molecule is COCCCOc1cc(OCC(CC(=O)Cl)C(C)C)ccc1Cl. The molecule has 1 rings (SSSR count). The quantitative estimate of drug-likeness (QED) is 0.427. The van der Waals surface area contributed by atoms with Gasteiger partial charge in [-0.2, -0.15) is 0 Å². The minimum atomic E-state index is -0.342. The van der Waals surface area contributed by atoms with E-state index in [4.69, 9.17) is 37.4 Å². The number of benzene rings is 1. The second-order valence-electron chi connectivity index (χ2n) is 5.66. The van der Waals surface area contributed by atoms with Crippen molar-refractivity contribution in [3.63, 3.8) is 0 Å². The summed E-state index contributed by atoms with van der Waals surface area (Å²) in [6, 6.07) is 5.28. The highest BCUT2D eigenvalue weighted by atomic mass is 35.5. The number of hydrogen-bond donors (Lipinski definition) is 0. The maximum absolute atomic E-state index is 11.1. The predicted molar refractivity (Wildman–Crippen MR) is 92.7 cm³/mol. The number of carbonyl (C=O) groups is 1. The first-order chi connectivity index (χ1) is 10.9. The van der Waals surface area contributed by atoms with Crippen molar-refractivity contribution in [3.8, 4) is 11.5 Å². The molecule has 0 fully saturated rings. The molecule has 0 radical (unpaired) electrons. The van der Waals surface area contributed by atoms with Gasteiger partial charge < -0.3 is 14.2 Å². The van der Waals surface area contributed by atoms with Gasteiger partial charge in [0.15, 0.2) is 0 Å². The molecular formula is C17H24Cl2O4. The summed E-state index contributed by atoms with van der Waals surface area (Å²) in [6.45, 7) is 5.66. The highest BCUT2D eigenvalue weighted by Gasteiger charge is 2.17. The van der Waals surface area contributed by atoms with E-state index < -0.39 is 0 Å². The summed E-state index contributed by atoms with van der Waals surface area (Å²) in [4.78, 5) is 11.1. The van der Waals surface area contributed by atoms with Gasteiger partial charge in [-0.3, -0.25) is 4.79 Å². The molecule has 0 aliphatic carbocycles. The average molecular weight is 363 g/mol. The Bertz CT molecular complexity index is 491. The number of ether oxygens (including phenoxy) is 3. The summed E-state index contributed by atoms with van der Waals surface area (Å²) in [6.07, 6.45) is 1.08. The van der Waals surface area contributed by atoms with Crippen molar-refractivity contribution in [1.29, 1.82) is 0 Å². The van der Waals surface area contributed by atoms with Gasteiger partial charge in [0.25, 0.3) is 0 Å². The Balaban J connectivity index is 2.60. The number of carbonyl (C=O) groups excluding carboxylic acids is 1. The monoisotopic (exact) mass is 362 g/mol. The lowest BCUT2D eigenvalue weighted by Crippen LogP contribution is -2.20. The molecule has 1 unspecified atom stereocenters. The van der Waals surface area contributed by atoms with Crippen LogP contribution in [0.3, 0.4) is 0 Å². The standard InChI is InChI=1S/C17H24Cl2O4/c1-12(2)13(9-17(19)20)11-23-14-5-6-15(18)16(10-14)22-8-4-7-21-3/h5-6,10,12-13H,4,7-9,11H2,1-3H3. The molecule has 0 saturated heterocycles. The highest BCUT2D eigenvalue weighted by molar-refractivity contribution is 6.63. The molecule has 4 nitrogen and oxygen atoms in total. The van der Waals surface area contributed by atoms with Gasteiger partial charge in [0.05, 0.1) is 18.2 Å². The van der Waals surface area contributed by atoms with Gasteiger partial charge in [-0.15, -0.1) is 0 Å². The molecule has 0 aromatic heterocycles. The Morgan fingerprint density at radius 1 is 1.22 bits per heavy atom. The molecule has 1 atom stereocenters. The van der Waals surface area contributed by atoms with Gasteiger partial charge in [-0.25, -0.2) is 0 Å². The molecule has 0 spiro atoms. The lowest BCUT2D eigenvalue weighted by Gasteiger charge is -2.20. The van der Waals surface area contributed by atoms with Crippen LogP contribution in [0.1, 0.15) is 26.7 Å². The smallest absolute Gasteiger partial charge is 0.222 e. The van der Waals surface area contributed by atoms with Crippen LogP contribution in [0.4, 0.5) is 0 Å². The van der Waals surface area contributed by atoms with Gasteiger partial charge >= 0.3 is 0 Å². The van der Waals surface area contributed by atoms with Crippen LogP contribution in [0.5, 0.6) is 11.5 Å². The van der Waals surface area contributed by atoms with Crippen LogP contribution in [0.15, 0.2) is 18.2 Å². The number of hydrogen-bond acceptors (Lipinski definition) is 4. The summed E-state index contributed by atoms with van der Waals surface area (Å²) in [5.74, 6) is 1.61. The summed E-state index contributed by atoms with van der Waals surface area (Å²) < 4.78 is 16.4. The molecule has 0 heterocycles. The molecule has 130 valence electrons. The molecule has 1 aromatic carbocycles. The third kappa shape index (κ3) is 7.91. The summed E-state index contributed by atoms with van der Waals surface area (Å²) in [5.41, 5.74) is 0. The van der Waals surface area contributed by atoms with Crippen LogP contribution in [-0.2, 0) is 9.53 Å². The normalized spacial score (nSPS) is 12.3. The third-order valence-electron chi connectivity index (χ3n) is 3.48. The largest absolute Gasteiger partial charge is 0.493 e. The average Bonchev–Trinajstić information content (AvgIpc) is 2.49. The zero-order chi connectivity index (χ0) is 17.2. The van der Waals surface area contributed by atoms with E-state index in [9.17, 15) is 4.79 Å². The fourth-order valence-corrected chi connectivity index (χ4v) is 2.34. The maximum atomic E-state index is 11.1. The molecule has 0 N–H and O–H groups in total. The van der Waals surface area contributed by atoms with Crippen molar-refractivity contribution in [1.82, 2.24) is 0 Å². The van der Waals surface area contributed by atoms with Crippen molar-refractivity contribution < 1.29 is 19.0 Å². The summed E-state index contributed by atoms with van der Waals surface area (Å²) in [5, 5.41) is 0.191. The second-order valence-corrected chi connectivity index (χ2v) is 6.49. The molecule has 1 aromatic rings. The minimum Gasteiger partial charge on any atom is -0.493 e. The fraction of sp³-hybridized carbons (Fsp3) is 0.588. The van der Waals surface area contributed by atoms with Crippen molar-refractivity contribution >= 4 is 28.4 Å². The minimum absolute atomic E-state index is 0.0711. The van der Waals surface area contributed by atoms with E-state index in [0.29, 0.717) is 48.7 Å². The van der Waals surface area contributed by atoms with Crippen LogP contribution in [0, 0.1) is 11.8 Å². The van der Waals surface area contributed by atoms with Crippen LogP contribution in [0.25, 0.3) is 0 Å².